The summed E-state index contributed by atoms with van der Waals surface area (Å²) in [6.07, 6.45) is 1.35. The van der Waals surface area contributed by atoms with Crippen LogP contribution in [0.5, 0.6) is 0 Å². The maximum absolute atomic E-state index is 11.8. The topological polar surface area (TPSA) is 57.6 Å². The molecule has 0 amide bonds. The summed E-state index contributed by atoms with van der Waals surface area (Å²) in [4.78, 5) is 0. The highest BCUT2D eigenvalue weighted by molar-refractivity contribution is 8.00. The highest BCUT2D eigenvalue weighted by atomic mass is 32.2. The van der Waals surface area contributed by atoms with Crippen LogP contribution >= 0.6 is 11.8 Å². The number of nitrogens with zero attached hydrogens (tertiary/aromatic N) is 1. The number of hydrogen-bond acceptors (Lipinski definition) is 4. The van der Waals surface area contributed by atoms with E-state index in [0.29, 0.717) is 24.8 Å². The molecule has 0 aliphatic carbocycles. The summed E-state index contributed by atoms with van der Waals surface area (Å²) in [5.74, 6) is 0.960. The molecule has 1 rings (SSSR count). The van der Waals surface area contributed by atoms with E-state index in [1.807, 2.05) is 11.8 Å². The Labute approximate surface area is 96.1 Å². The minimum atomic E-state index is -3.13. The van der Waals surface area contributed by atoms with Crippen LogP contribution in [0, 0.1) is 0 Å². The second-order valence-electron chi connectivity index (χ2n) is 3.65. The van der Waals surface area contributed by atoms with Crippen LogP contribution in [0.3, 0.4) is 0 Å². The van der Waals surface area contributed by atoms with E-state index in [4.69, 9.17) is 5.11 Å². The minimum Gasteiger partial charge on any atom is -0.396 e. The van der Waals surface area contributed by atoms with Crippen LogP contribution in [0.25, 0.3) is 0 Å². The number of aliphatic hydroxyl groups excluding tert-OH is 1. The summed E-state index contributed by atoms with van der Waals surface area (Å²) in [5.41, 5.74) is 0. The molecule has 0 aromatic carbocycles. The van der Waals surface area contributed by atoms with Crippen LogP contribution in [0.4, 0.5) is 0 Å². The van der Waals surface area contributed by atoms with Gasteiger partial charge >= 0.3 is 0 Å². The number of hydrogen-bond donors (Lipinski definition) is 1. The van der Waals surface area contributed by atoms with Crippen LogP contribution in [0.15, 0.2) is 0 Å². The molecule has 0 spiro atoms. The summed E-state index contributed by atoms with van der Waals surface area (Å²) in [6.45, 7) is 3.28. The first-order valence-corrected chi connectivity index (χ1v) is 7.96. The lowest BCUT2D eigenvalue weighted by Gasteiger charge is -2.30. The molecule has 1 aliphatic heterocycles. The Morgan fingerprint density at radius 3 is 2.87 bits per heavy atom. The third-order valence-corrected chi connectivity index (χ3v) is 5.81. The number of sulfonamides is 1. The summed E-state index contributed by atoms with van der Waals surface area (Å²) < 4.78 is 25.2. The van der Waals surface area contributed by atoms with E-state index in [2.05, 4.69) is 6.92 Å². The third-order valence-electron chi connectivity index (χ3n) is 2.51. The van der Waals surface area contributed by atoms with E-state index >= 15 is 0 Å². The molecule has 0 radical (unpaired) electrons. The fraction of sp³-hybridized carbons (Fsp3) is 1.00. The van der Waals surface area contributed by atoms with Gasteiger partial charge in [0.2, 0.25) is 10.0 Å². The largest absolute Gasteiger partial charge is 0.396 e. The Morgan fingerprint density at radius 1 is 1.53 bits per heavy atom. The van der Waals surface area contributed by atoms with E-state index in [1.165, 1.54) is 0 Å². The smallest absolute Gasteiger partial charge is 0.214 e. The zero-order valence-corrected chi connectivity index (χ0v) is 10.7. The van der Waals surface area contributed by atoms with Crippen molar-refractivity contribution in [2.45, 2.75) is 25.0 Å². The molecule has 90 valence electrons. The van der Waals surface area contributed by atoms with Gasteiger partial charge in [0.1, 0.15) is 0 Å². The lowest BCUT2D eigenvalue weighted by molar-refractivity contribution is 0.294. The lowest BCUT2D eigenvalue weighted by atomic mass is 10.3. The standard InChI is InChI=1S/C9H19NO3S2/c1-2-9-8-10(4-6-14-9)15(12,13)7-3-5-11/h9,11H,2-8H2,1H3. The van der Waals surface area contributed by atoms with Crippen molar-refractivity contribution >= 4 is 21.8 Å². The van der Waals surface area contributed by atoms with E-state index in [9.17, 15) is 8.42 Å². The molecule has 15 heavy (non-hydrogen) atoms. The van der Waals surface area contributed by atoms with Crippen molar-refractivity contribution in [3.05, 3.63) is 0 Å². The monoisotopic (exact) mass is 253 g/mol. The maximum Gasteiger partial charge on any atom is 0.214 e. The van der Waals surface area contributed by atoms with Gasteiger partial charge in [0, 0.05) is 30.7 Å². The molecule has 1 fully saturated rings. The molecule has 1 saturated heterocycles. The van der Waals surface area contributed by atoms with Crippen molar-refractivity contribution in [2.75, 3.05) is 31.2 Å². The summed E-state index contributed by atoms with van der Waals surface area (Å²) >= 11 is 1.85. The van der Waals surface area contributed by atoms with Gasteiger partial charge in [0.25, 0.3) is 0 Å². The molecule has 1 heterocycles. The quantitative estimate of drug-likeness (QED) is 0.776. The lowest BCUT2D eigenvalue weighted by Crippen LogP contribution is -2.42. The molecule has 4 nitrogen and oxygen atoms in total. The second-order valence-corrected chi connectivity index (χ2v) is 7.15. The summed E-state index contributed by atoms with van der Waals surface area (Å²) in [7, 11) is -3.13. The van der Waals surface area contributed by atoms with Gasteiger partial charge in [-0.05, 0) is 12.8 Å². The predicted octanol–water partition coefficient (Wildman–Crippen LogP) is 0.526. The Balaban J connectivity index is 2.54. The van der Waals surface area contributed by atoms with E-state index in [-0.39, 0.29) is 12.4 Å². The number of aliphatic hydroxyl groups is 1. The average Bonchev–Trinajstić information content (AvgIpc) is 2.26. The Morgan fingerprint density at radius 2 is 2.27 bits per heavy atom. The second kappa shape index (κ2) is 6.08. The van der Waals surface area contributed by atoms with Crippen molar-refractivity contribution in [3.8, 4) is 0 Å². The van der Waals surface area contributed by atoms with Crippen molar-refractivity contribution in [1.82, 2.24) is 4.31 Å². The van der Waals surface area contributed by atoms with Crippen LogP contribution in [0.2, 0.25) is 0 Å². The Hall–Kier alpha value is 0.220. The zero-order valence-electron chi connectivity index (χ0n) is 9.05. The molecule has 1 aliphatic rings. The summed E-state index contributed by atoms with van der Waals surface area (Å²) in [6, 6.07) is 0. The molecule has 1 atom stereocenters. The fourth-order valence-corrected chi connectivity index (χ4v) is 4.49. The van der Waals surface area contributed by atoms with Crippen molar-refractivity contribution in [3.63, 3.8) is 0 Å². The molecule has 1 unspecified atom stereocenters. The van der Waals surface area contributed by atoms with E-state index in [0.717, 1.165) is 12.2 Å². The van der Waals surface area contributed by atoms with Crippen LogP contribution in [-0.2, 0) is 10.0 Å². The molecular weight excluding hydrogens is 234 g/mol. The van der Waals surface area contributed by atoms with Gasteiger partial charge in [-0.2, -0.15) is 16.1 Å². The molecule has 0 bridgehead atoms. The molecule has 1 N–H and O–H groups in total. The van der Waals surface area contributed by atoms with Gasteiger partial charge < -0.3 is 5.11 Å². The molecule has 6 heteroatoms. The van der Waals surface area contributed by atoms with Crippen molar-refractivity contribution in [2.24, 2.45) is 0 Å². The first-order valence-electron chi connectivity index (χ1n) is 5.30. The molecule has 0 saturated carbocycles. The van der Waals surface area contributed by atoms with Crippen molar-refractivity contribution < 1.29 is 13.5 Å². The third kappa shape index (κ3) is 3.94. The highest BCUT2D eigenvalue weighted by Crippen LogP contribution is 2.23. The molecule has 0 aromatic heterocycles. The van der Waals surface area contributed by atoms with Gasteiger partial charge in [-0.1, -0.05) is 6.92 Å². The van der Waals surface area contributed by atoms with Gasteiger partial charge in [-0.3, -0.25) is 0 Å². The normalized spacial score (nSPS) is 24.3. The van der Waals surface area contributed by atoms with E-state index < -0.39 is 10.0 Å². The molecular formula is C9H19NO3S2. The van der Waals surface area contributed by atoms with Gasteiger partial charge in [0.15, 0.2) is 0 Å². The Kier molecular flexibility index (Phi) is 5.38. The van der Waals surface area contributed by atoms with Crippen LogP contribution < -0.4 is 0 Å². The van der Waals surface area contributed by atoms with Gasteiger partial charge in [0.05, 0.1) is 5.75 Å². The highest BCUT2D eigenvalue weighted by Gasteiger charge is 2.27. The van der Waals surface area contributed by atoms with Gasteiger partial charge in [-0.25, -0.2) is 8.42 Å². The fourth-order valence-electron chi connectivity index (χ4n) is 1.57. The predicted molar refractivity (Wildman–Crippen MR) is 63.6 cm³/mol. The number of rotatable bonds is 5. The summed E-state index contributed by atoms with van der Waals surface area (Å²) in [5, 5.41) is 9.07. The maximum atomic E-state index is 11.8. The average molecular weight is 253 g/mol. The number of thioether (sulfide) groups is 1. The first kappa shape index (κ1) is 13.3. The SMILES string of the molecule is CCC1CN(S(=O)(=O)CCCO)CCS1. The Bertz CT molecular complexity index is 279. The van der Waals surface area contributed by atoms with Crippen molar-refractivity contribution in [1.29, 1.82) is 0 Å². The van der Waals surface area contributed by atoms with Crippen LogP contribution in [-0.4, -0.2) is 54.3 Å². The zero-order chi connectivity index (χ0) is 11.3. The van der Waals surface area contributed by atoms with E-state index in [1.54, 1.807) is 4.31 Å². The van der Waals surface area contributed by atoms with Gasteiger partial charge in [-0.15, -0.1) is 0 Å². The minimum absolute atomic E-state index is 0.0565. The van der Waals surface area contributed by atoms with Crippen LogP contribution in [0.1, 0.15) is 19.8 Å². The molecule has 0 aromatic rings. The first-order chi connectivity index (χ1) is 7.10.